The number of anilines is 3. The van der Waals surface area contributed by atoms with Gasteiger partial charge in [-0.3, -0.25) is 4.79 Å². The van der Waals surface area contributed by atoms with Gasteiger partial charge in [0.15, 0.2) is 18.1 Å². The number of pyridine rings is 1. The summed E-state index contributed by atoms with van der Waals surface area (Å²) in [4.78, 5) is 34.7. The molecule has 2 heterocycles. The first-order chi connectivity index (χ1) is 25.6. The van der Waals surface area contributed by atoms with Crippen molar-refractivity contribution < 1.29 is 28.5 Å². The number of allylic oxidation sites excluding steroid dienone is 1. The topological polar surface area (TPSA) is 99.2 Å². The summed E-state index contributed by atoms with van der Waals surface area (Å²) >= 11 is 0. The Morgan fingerprint density at radius 3 is 2.28 bits per heavy atom. The van der Waals surface area contributed by atoms with Crippen molar-refractivity contribution in [2.45, 2.75) is 40.0 Å². The highest BCUT2D eigenvalue weighted by molar-refractivity contribution is 6.07. The highest BCUT2D eigenvalue weighted by Crippen LogP contribution is 2.46. The summed E-state index contributed by atoms with van der Waals surface area (Å²) in [6, 6.07) is 27.5. The number of carbonyl (C=O) groups is 2. The molecule has 1 N–H and O–H groups in total. The Kier molecular flexibility index (Phi) is 9.84. The van der Waals surface area contributed by atoms with E-state index in [2.05, 4.69) is 55.3 Å². The van der Waals surface area contributed by atoms with E-state index in [0.717, 1.165) is 47.5 Å². The number of carbonyl (C=O) groups excluding carboxylic acids is 2. The van der Waals surface area contributed by atoms with E-state index in [1.807, 2.05) is 66.7 Å². The molecule has 272 valence electrons. The highest BCUT2D eigenvalue weighted by Gasteiger charge is 2.36. The summed E-state index contributed by atoms with van der Waals surface area (Å²) in [5, 5.41) is 3.58. The molecular weight excluding hydrogens is 666 g/mol. The average Bonchev–Trinajstić information content (AvgIpc) is 3.60. The molecule has 0 spiro atoms. The van der Waals surface area contributed by atoms with E-state index < -0.39 is 18.5 Å². The molecule has 1 atom stereocenters. The maximum atomic E-state index is 14.1. The summed E-state index contributed by atoms with van der Waals surface area (Å²) < 4.78 is 22.6. The fourth-order valence-electron chi connectivity index (χ4n) is 7.49. The van der Waals surface area contributed by atoms with Crippen molar-refractivity contribution in [1.82, 2.24) is 4.98 Å². The van der Waals surface area contributed by atoms with E-state index in [9.17, 15) is 9.59 Å². The third-order valence-corrected chi connectivity index (χ3v) is 10.4. The SMILES string of the molecule is COc1cc(/C=C2/CC(C(C)(C)C)Cc3c2nc2ccccc2c3C(=O)OCC(=O)Nc2ccc(N3CCc4ccccc43)cc2)cc(OC)c1OC. The van der Waals surface area contributed by atoms with Gasteiger partial charge in [0.05, 0.1) is 38.1 Å². The molecule has 0 saturated carbocycles. The molecule has 5 aromatic rings. The summed E-state index contributed by atoms with van der Waals surface area (Å²) in [6.07, 6.45) is 4.46. The third kappa shape index (κ3) is 7.16. The number of hydrogen-bond donors (Lipinski definition) is 1. The van der Waals surface area contributed by atoms with Crippen LogP contribution in [-0.2, 0) is 22.4 Å². The molecule has 0 bridgehead atoms. The minimum absolute atomic E-state index is 0.0769. The molecule has 4 aromatic carbocycles. The van der Waals surface area contributed by atoms with Gasteiger partial charge >= 0.3 is 5.97 Å². The van der Waals surface area contributed by atoms with Gasteiger partial charge in [-0.25, -0.2) is 9.78 Å². The van der Waals surface area contributed by atoms with E-state index in [1.54, 1.807) is 21.3 Å². The molecule has 7 rings (SSSR count). The molecule has 9 heteroatoms. The Balaban J connectivity index is 1.17. The fourth-order valence-corrected chi connectivity index (χ4v) is 7.49. The molecule has 0 radical (unpaired) electrons. The Morgan fingerprint density at radius 1 is 0.887 bits per heavy atom. The van der Waals surface area contributed by atoms with Gasteiger partial charge in [-0.05, 0) is 107 Å². The monoisotopic (exact) mass is 711 g/mol. The number of fused-ring (bicyclic) bond motifs is 3. The van der Waals surface area contributed by atoms with E-state index in [-0.39, 0.29) is 11.3 Å². The van der Waals surface area contributed by atoms with Crippen LogP contribution in [0.2, 0.25) is 0 Å². The zero-order valence-electron chi connectivity index (χ0n) is 31.1. The molecule has 9 nitrogen and oxygen atoms in total. The molecule has 0 fully saturated rings. The lowest BCUT2D eigenvalue weighted by molar-refractivity contribution is -0.119. The molecule has 1 amide bonds. The van der Waals surface area contributed by atoms with Crippen molar-refractivity contribution in [1.29, 1.82) is 0 Å². The van der Waals surface area contributed by atoms with Gasteiger partial charge < -0.3 is 29.2 Å². The molecule has 0 saturated heterocycles. The quantitative estimate of drug-likeness (QED) is 0.151. The van der Waals surface area contributed by atoms with Crippen molar-refractivity contribution in [3.05, 3.63) is 113 Å². The van der Waals surface area contributed by atoms with Crippen LogP contribution < -0.4 is 24.4 Å². The Hall–Kier alpha value is -5.83. The Bertz CT molecular complexity index is 2190. The Morgan fingerprint density at radius 2 is 1.58 bits per heavy atom. The zero-order chi connectivity index (χ0) is 37.3. The number of esters is 1. The zero-order valence-corrected chi connectivity index (χ0v) is 31.1. The average molecular weight is 712 g/mol. The summed E-state index contributed by atoms with van der Waals surface area (Å²) in [7, 11) is 4.76. The van der Waals surface area contributed by atoms with Crippen LogP contribution in [0.3, 0.4) is 0 Å². The molecule has 53 heavy (non-hydrogen) atoms. The van der Waals surface area contributed by atoms with Crippen molar-refractivity contribution in [3.63, 3.8) is 0 Å². The van der Waals surface area contributed by atoms with Crippen LogP contribution in [0.5, 0.6) is 17.2 Å². The van der Waals surface area contributed by atoms with Crippen molar-refractivity contribution in [3.8, 4) is 17.2 Å². The minimum Gasteiger partial charge on any atom is -0.493 e. The van der Waals surface area contributed by atoms with Gasteiger partial charge in [0.25, 0.3) is 5.91 Å². The van der Waals surface area contributed by atoms with Gasteiger partial charge in [0.1, 0.15) is 0 Å². The molecule has 1 aromatic heterocycles. The van der Waals surface area contributed by atoms with E-state index in [0.29, 0.717) is 45.8 Å². The van der Waals surface area contributed by atoms with E-state index >= 15 is 0 Å². The summed E-state index contributed by atoms with van der Waals surface area (Å²) in [5.74, 6) is 0.823. The predicted molar refractivity (Wildman–Crippen MR) is 209 cm³/mol. The first kappa shape index (κ1) is 35.6. The van der Waals surface area contributed by atoms with Crippen LogP contribution in [0.25, 0.3) is 22.6 Å². The number of benzene rings is 4. The molecule has 1 aliphatic heterocycles. The number of para-hydroxylation sites is 2. The molecular formula is C44H45N3O6. The van der Waals surface area contributed by atoms with Gasteiger partial charge in [-0.2, -0.15) is 0 Å². The number of ether oxygens (including phenoxy) is 4. The standard InChI is InChI=1S/C44H45N3O6/c1-44(2,3)30-24-29(21-27-22-37(50-4)42(52-6)38(23-27)51-5)41-34(25-30)40(33-12-8-9-13-35(33)46-41)43(49)53-26-39(48)45-31-15-17-32(18-16-31)47-20-19-28-11-7-10-14-36(28)47/h7-18,21-23,30H,19-20,24-26H2,1-6H3,(H,45,48)/b29-21-. The molecule has 2 aliphatic rings. The summed E-state index contributed by atoms with van der Waals surface area (Å²) in [5.41, 5.74) is 8.66. The van der Waals surface area contributed by atoms with Crippen molar-refractivity contribution in [2.24, 2.45) is 11.3 Å². The first-order valence-electron chi connectivity index (χ1n) is 17.9. The number of nitrogens with one attached hydrogen (secondary N) is 1. The number of aromatic nitrogens is 1. The van der Waals surface area contributed by atoms with Crippen LogP contribution in [0.4, 0.5) is 17.1 Å². The van der Waals surface area contributed by atoms with Crippen LogP contribution in [-0.4, -0.2) is 51.3 Å². The van der Waals surface area contributed by atoms with Crippen LogP contribution in [0.1, 0.15) is 59.9 Å². The normalized spacial score (nSPS) is 15.8. The number of hydrogen-bond acceptors (Lipinski definition) is 8. The minimum atomic E-state index is -0.556. The van der Waals surface area contributed by atoms with Gasteiger partial charge in [0, 0.05) is 29.0 Å². The predicted octanol–water partition coefficient (Wildman–Crippen LogP) is 8.90. The number of nitrogens with zero attached hydrogens (tertiary/aromatic N) is 2. The van der Waals surface area contributed by atoms with Crippen molar-refractivity contribution >= 4 is 51.5 Å². The second-order valence-electron chi connectivity index (χ2n) is 14.6. The molecule has 1 unspecified atom stereocenters. The van der Waals surface area contributed by atoms with Gasteiger partial charge in [-0.15, -0.1) is 0 Å². The summed E-state index contributed by atoms with van der Waals surface area (Å²) in [6.45, 7) is 7.13. The number of methoxy groups -OCH3 is 3. The third-order valence-electron chi connectivity index (χ3n) is 10.4. The fraction of sp³-hybridized carbons (Fsp3) is 0.295. The van der Waals surface area contributed by atoms with Gasteiger partial charge in [0.2, 0.25) is 5.75 Å². The van der Waals surface area contributed by atoms with Crippen LogP contribution in [0, 0.1) is 11.3 Å². The largest absolute Gasteiger partial charge is 0.493 e. The maximum absolute atomic E-state index is 14.1. The Labute approximate surface area is 310 Å². The highest BCUT2D eigenvalue weighted by atomic mass is 16.5. The van der Waals surface area contributed by atoms with Crippen LogP contribution >= 0.6 is 0 Å². The number of rotatable bonds is 9. The second kappa shape index (κ2) is 14.7. The number of amides is 1. The lowest BCUT2D eigenvalue weighted by Gasteiger charge is -2.36. The lowest BCUT2D eigenvalue weighted by atomic mass is 9.69. The van der Waals surface area contributed by atoms with Crippen LogP contribution in [0.15, 0.2) is 84.9 Å². The smallest absolute Gasteiger partial charge is 0.339 e. The van der Waals surface area contributed by atoms with Gasteiger partial charge in [-0.1, -0.05) is 57.2 Å². The van der Waals surface area contributed by atoms with Crippen molar-refractivity contribution in [2.75, 3.05) is 44.7 Å². The molecule has 1 aliphatic carbocycles. The lowest BCUT2D eigenvalue weighted by Crippen LogP contribution is -2.29. The second-order valence-corrected chi connectivity index (χ2v) is 14.6. The first-order valence-corrected chi connectivity index (χ1v) is 17.9. The van der Waals surface area contributed by atoms with E-state index in [4.69, 9.17) is 23.9 Å². The maximum Gasteiger partial charge on any atom is 0.339 e. The van der Waals surface area contributed by atoms with E-state index in [1.165, 1.54) is 11.3 Å².